The first-order valence-corrected chi connectivity index (χ1v) is 6.46. The van der Waals surface area contributed by atoms with Gasteiger partial charge in [0.2, 0.25) is 5.95 Å². The number of rotatable bonds is 3. The van der Waals surface area contributed by atoms with Crippen molar-refractivity contribution in [3.63, 3.8) is 0 Å². The number of hydrogen-bond acceptors (Lipinski definition) is 3. The van der Waals surface area contributed by atoms with Gasteiger partial charge in [0, 0.05) is 25.2 Å². The molecule has 0 aliphatic heterocycles. The quantitative estimate of drug-likeness (QED) is 0.643. The first kappa shape index (κ1) is 10.8. The Morgan fingerprint density at radius 3 is 2.94 bits per heavy atom. The van der Waals surface area contributed by atoms with Crippen LogP contribution in [0.15, 0.2) is 17.5 Å². The average Bonchev–Trinajstić information content (AvgIpc) is 2.73. The first-order chi connectivity index (χ1) is 8.19. The Balaban J connectivity index is 1.62. The molecule has 1 aromatic heterocycles. The lowest BCUT2D eigenvalue weighted by molar-refractivity contribution is 0.523. The lowest BCUT2D eigenvalue weighted by Gasteiger charge is -2.10. The average molecular weight is 232 g/mol. The van der Waals surface area contributed by atoms with Crippen molar-refractivity contribution < 1.29 is 0 Å². The van der Waals surface area contributed by atoms with Crippen molar-refractivity contribution >= 4 is 11.7 Å². The van der Waals surface area contributed by atoms with Crippen LogP contribution in [0.3, 0.4) is 0 Å². The van der Waals surface area contributed by atoms with Crippen LogP contribution in [0.4, 0.5) is 5.95 Å². The molecule has 2 fully saturated rings. The van der Waals surface area contributed by atoms with E-state index in [1.54, 1.807) is 6.20 Å². The van der Waals surface area contributed by atoms with Crippen LogP contribution >= 0.6 is 0 Å². The van der Waals surface area contributed by atoms with E-state index in [0.29, 0.717) is 5.92 Å². The van der Waals surface area contributed by atoms with Crippen molar-refractivity contribution in [2.45, 2.75) is 39.0 Å². The summed E-state index contributed by atoms with van der Waals surface area (Å²) in [5.41, 5.74) is 5.02. The van der Waals surface area contributed by atoms with Crippen LogP contribution in [0.5, 0.6) is 0 Å². The van der Waals surface area contributed by atoms with Gasteiger partial charge in [0.15, 0.2) is 0 Å². The second kappa shape index (κ2) is 3.86. The molecule has 3 rings (SSSR count). The number of nitrogens with zero attached hydrogens (tertiary/aromatic N) is 3. The van der Waals surface area contributed by atoms with Crippen molar-refractivity contribution in [3.8, 4) is 0 Å². The van der Waals surface area contributed by atoms with E-state index in [4.69, 9.17) is 0 Å². The van der Waals surface area contributed by atoms with Gasteiger partial charge in [0.25, 0.3) is 0 Å². The van der Waals surface area contributed by atoms with Gasteiger partial charge in [-0.1, -0.05) is 0 Å². The van der Waals surface area contributed by atoms with Crippen molar-refractivity contribution in [1.29, 1.82) is 0 Å². The highest BCUT2D eigenvalue weighted by Crippen LogP contribution is 2.59. The predicted octanol–water partition coefficient (Wildman–Crippen LogP) is 2.79. The molecule has 4 heteroatoms. The largest absolute Gasteiger partial charge is 0.319 e. The molecule has 0 amide bonds. The zero-order valence-corrected chi connectivity index (χ0v) is 10.6. The Kier molecular flexibility index (Phi) is 2.45. The monoisotopic (exact) mass is 232 g/mol. The van der Waals surface area contributed by atoms with Gasteiger partial charge >= 0.3 is 0 Å². The van der Waals surface area contributed by atoms with E-state index in [2.05, 4.69) is 22.4 Å². The zero-order valence-electron chi connectivity index (χ0n) is 10.6. The molecule has 0 aromatic carbocycles. The smallest absolute Gasteiger partial charge is 0.223 e. The van der Waals surface area contributed by atoms with Crippen molar-refractivity contribution in [3.05, 3.63) is 12.4 Å². The molecule has 17 heavy (non-hydrogen) atoms. The van der Waals surface area contributed by atoms with Gasteiger partial charge in [-0.3, -0.25) is 0 Å². The highest BCUT2D eigenvalue weighted by atomic mass is 15.4. The zero-order chi connectivity index (χ0) is 11.9. The molecule has 2 aliphatic carbocycles. The predicted molar refractivity (Wildman–Crippen MR) is 68.9 cm³/mol. The summed E-state index contributed by atoms with van der Waals surface area (Å²) in [6.45, 7) is 2.14. The van der Waals surface area contributed by atoms with Gasteiger partial charge in [-0.05, 0) is 50.4 Å². The van der Waals surface area contributed by atoms with Gasteiger partial charge in [0.1, 0.15) is 0 Å². The number of anilines is 1. The minimum atomic E-state index is 0.685. The first-order valence-electron chi connectivity index (χ1n) is 6.46. The third-order valence-corrected chi connectivity index (χ3v) is 4.40. The molecule has 1 atom stereocenters. The van der Waals surface area contributed by atoms with E-state index in [1.165, 1.54) is 37.8 Å². The molecule has 0 bridgehead atoms. The van der Waals surface area contributed by atoms with E-state index in [0.717, 1.165) is 11.4 Å². The highest BCUT2D eigenvalue weighted by Gasteiger charge is 2.48. The second-order valence-electron chi connectivity index (χ2n) is 5.67. The number of nitrogens with one attached hydrogen (secondary N) is 1. The Bertz CT molecular complexity index is 442. The van der Waals surface area contributed by atoms with Crippen LogP contribution in [0.25, 0.3) is 0 Å². The summed E-state index contributed by atoms with van der Waals surface area (Å²) in [7, 11) is 1.97. The maximum atomic E-state index is 4.49. The molecule has 92 valence electrons. The Morgan fingerprint density at radius 1 is 1.53 bits per heavy atom. The summed E-state index contributed by atoms with van der Waals surface area (Å²) in [5, 5.41) is 4.49. The molecule has 1 aromatic rings. The van der Waals surface area contributed by atoms with Crippen LogP contribution in [0.2, 0.25) is 0 Å². The van der Waals surface area contributed by atoms with E-state index >= 15 is 0 Å². The maximum absolute atomic E-state index is 4.49. The van der Waals surface area contributed by atoms with Gasteiger partial charge in [-0.15, -0.1) is 0 Å². The number of aryl methyl sites for hydroxylation is 1. The summed E-state index contributed by atoms with van der Waals surface area (Å²) in [4.78, 5) is 4.20. The maximum Gasteiger partial charge on any atom is 0.223 e. The fraction of sp³-hybridized carbons (Fsp3) is 0.692. The van der Waals surface area contributed by atoms with Gasteiger partial charge in [-0.2, -0.15) is 5.10 Å². The lowest BCUT2D eigenvalue weighted by atomic mass is 9.99. The number of imidazole rings is 1. The number of hydrazone groups is 1. The van der Waals surface area contributed by atoms with Crippen molar-refractivity contribution in [2.75, 3.05) is 5.43 Å². The SMILES string of the molecule is C/C(=N\Nc1nccn1C)C1CCC2(CC2)C1. The molecule has 0 radical (unpaired) electrons. The molecule has 2 saturated carbocycles. The molecule has 0 saturated heterocycles. The molecule has 1 N–H and O–H groups in total. The highest BCUT2D eigenvalue weighted by molar-refractivity contribution is 5.85. The molecule has 1 heterocycles. The van der Waals surface area contributed by atoms with Crippen LogP contribution in [0.1, 0.15) is 39.0 Å². The fourth-order valence-corrected chi connectivity index (χ4v) is 2.90. The molecule has 2 aliphatic rings. The summed E-state index contributed by atoms with van der Waals surface area (Å²) in [6, 6.07) is 0. The number of hydrogen-bond donors (Lipinski definition) is 1. The third-order valence-electron chi connectivity index (χ3n) is 4.40. The van der Waals surface area contributed by atoms with E-state index in [9.17, 15) is 0 Å². The Labute approximate surface area is 102 Å². The summed E-state index contributed by atoms with van der Waals surface area (Å²) in [5.74, 6) is 1.49. The van der Waals surface area contributed by atoms with Crippen LogP contribution in [0, 0.1) is 11.3 Å². The second-order valence-corrected chi connectivity index (χ2v) is 5.67. The fourth-order valence-electron chi connectivity index (χ4n) is 2.90. The van der Waals surface area contributed by atoms with Gasteiger partial charge < -0.3 is 4.57 Å². The minimum absolute atomic E-state index is 0.685. The summed E-state index contributed by atoms with van der Waals surface area (Å²) < 4.78 is 1.94. The van der Waals surface area contributed by atoms with Gasteiger partial charge in [-0.25, -0.2) is 10.4 Å². The van der Waals surface area contributed by atoms with E-state index in [-0.39, 0.29) is 0 Å². The molecular weight excluding hydrogens is 212 g/mol. The van der Waals surface area contributed by atoms with Crippen molar-refractivity contribution in [2.24, 2.45) is 23.5 Å². The number of aromatic nitrogens is 2. The van der Waals surface area contributed by atoms with Crippen LogP contribution < -0.4 is 5.43 Å². The molecular formula is C13H20N4. The molecule has 1 spiro atoms. The van der Waals surface area contributed by atoms with E-state index in [1.807, 2.05) is 17.8 Å². The summed E-state index contributed by atoms with van der Waals surface area (Å²) >= 11 is 0. The minimum Gasteiger partial charge on any atom is -0.319 e. The summed E-state index contributed by atoms with van der Waals surface area (Å²) in [6.07, 6.45) is 10.7. The van der Waals surface area contributed by atoms with Crippen LogP contribution in [-0.4, -0.2) is 15.3 Å². The molecule has 1 unspecified atom stereocenters. The Hall–Kier alpha value is -1.32. The lowest BCUT2D eigenvalue weighted by Crippen LogP contribution is -2.11. The van der Waals surface area contributed by atoms with Crippen molar-refractivity contribution in [1.82, 2.24) is 9.55 Å². The van der Waals surface area contributed by atoms with E-state index < -0.39 is 0 Å². The topological polar surface area (TPSA) is 42.2 Å². The molecule has 4 nitrogen and oxygen atoms in total. The van der Waals surface area contributed by atoms with Crippen LogP contribution in [-0.2, 0) is 7.05 Å². The van der Waals surface area contributed by atoms with Gasteiger partial charge in [0.05, 0.1) is 0 Å². The standard InChI is InChI=1S/C13H20N4/c1-10(11-3-4-13(9-11)5-6-13)15-16-12-14-7-8-17(12)2/h7-8,11H,3-6,9H2,1-2H3,(H,14,16)/b15-10+. The Morgan fingerprint density at radius 2 is 2.35 bits per heavy atom. The normalized spacial score (nSPS) is 26.5. The third kappa shape index (κ3) is 2.08.